The molecule has 0 saturated heterocycles. The highest BCUT2D eigenvalue weighted by atomic mass is 19.1. The van der Waals surface area contributed by atoms with E-state index in [4.69, 9.17) is 9.47 Å². The molecule has 0 bridgehead atoms. The van der Waals surface area contributed by atoms with Crippen molar-refractivity contribution in [3.8, 4) is 22.8 Å². The summed E-state index contributed by atoms with van der Waals surface area (Å²) in [7, 11) is 2.98. The van der Waals surface area contributed by atoms with Crippen molar-refractivity contribution in [2.75, 3.05) is 14.2 Å². The van der Waals surface area contributed by atoms with Gasteiger partial charge in [0.25, 0.3) is 0 Å². The van der Waals surface area contributed by atoms with Crippen molar-refractivity contribution in [2.45, 2.75) is 6.92 Å². The van der Waals surface area contributed by atoms with Gasteiger partial charge in [-0.05, 0) is 19.1 Å². The summed E-state index contributed by atoms with van der Waals surface area (Å²) in [6.45, 7) is 1.78. The summed E-state index contributed by atoms with van der Waals surface area (Å²) < 4.78 is 24.1. The van der Waals surface area contributed by atoms with Crippen molar-refractivity contribution in [2.24, 2.45) is 0 Å². The first-order chi connectivity index (χ1) is 8.67. The van der Waals surface area contributed by atoms with Crippen LogP contribution in [0, 0.1) is 12.7 Å². The first-order valence-corrected chi connectivity index (χ1v) is 5.37. The molecule has 0 N–H and O–H groups in total. The fourth-order valence-electron chi connectivity index (χ4n) is 1.74. The van der Waals surface area contributed by atoms with Crippen LogP contribution in [0.5, 0.6) is 11.6 Å². The molecule has 4 nitrogen and oxygen atoms in total. The van der Waals surface area contributed by atoms with Gasteiger partial charge in [0.1, 0.15) is 17.9 Å². The number of benzene rings is 1. The first-order valence-electron chi connectivity index (χ1n) is 5.37. The van der Waals surface area contributed by atoms with E-state index in [1.54, 1.807) is 19.1 Å². The Hall–Kier alpha value is -2.17. The quantitative estimate of drug-likeness (QED) is 0.837. The third-order valence-corrected chi connectivity index (χ3v) is 2.64. The maximum atomic E-state index is 14.0. The predicted octanol–water partition coefficient (Wildman–Crippen LogP) is 2.61. The average molecular weight is 248 g/mol. The smallest absolute Gasteiger partial charge is 0.224 e. The van der Waals surface area contributed by atoms with E-state index in [-0.39, 0.29) is 0 Å². The Morgan fingerprint density at radius 1 is 1.11 bits per heavy atom. The van der Waals surface area contributed by atoms with Gasteiger partial charge in [-0.15, -0.1) is 0 Å². The maximum absolute atomic E-state index is 14.0. The van der Waals surface area contributed by atoms with Crippen LogP contribution >= 0.6 is 0 Å². The zero-order chi connectivity index (χ0) is 13.1. The summed E-state index contributed by atoms with van der Waals surface area (Å²) in [6, 6.07) is 4.63. The van der Waals surface area contributed by atoms with Crippen molar-refractivity contribution in [3.63, 3.8) is 0 Å². The van der Waals surface area contributed by atoms with E-state index < -0.39 is 5.82 Å². The molecule has 18 heavy (non-hydrogen) atoms. The van der Waals surface area contributed by atoms with Crippen molar-refractivity contribution < 1.29 is 13.9 Å². The molecule has 1 aromatic heterocycles. The molecule has 0 aliphatic carbocycles. The lowest BCUT2D eigenvalue weighted by atomic mass is 10.0. The standard InChI is InChI=1S/C13H13FN2O2/c1-8-12(13(18-3)16-7-15-8)10-5-4-9(17-2)6-11(10)14/h4-7H,1-3H3. The summed E-state index contributed by atoms with van der Waals surface area (Å²) in [4.78, 5) is 8.05. The minimum absolute atomic E-state index is 0.353. The predicted molar refractivity (Wildman–Crippen MR) is 65.3 cm³/mol. The van der Waals surface area contributed by atoms with Crippen molar-refractivity contribution in [1.82, 2.24) is 9.97 Å². The highest BCUT2D eigenvalue weighted by Gasteiger charge is 2.15. The lowest BCUT2D eigenvalue weighted by Crippen LogP contribution is -1.98. The molecule has 94 valence electrons. The van der Waals surface area contributed by atoms with Gasteiger partial charge < -0.3 is 9.47 Å². The molecule has 2 rings (SSSR count). The van der Waals surface area contributed by atoms with Crippen molar-refractivity contribution in [1.29, 1.82) is 0 Å². The van der Waals surface area contributed by atoms with Gasteiger partial charge in [0.15, 0.2) is 0 Å². The van der Waals surface area contributed by atoms with Crippen LogP contribution in [0.25, 0.3) is 11.1 Å². The van der Waals surface area contributed by atoms with Gasteiger partial charge in [0, 0.05) is 11.6 Å². The van der Waals surface area contributed by atoms with Gasteiger partial charge in [-0.3, -0.25) is 0 Å². The fourth-order valence-corrected chi connectivity index (χ4v) is 1.74. The van der Waals surface area contributed by atoms with Crippen molar-refractivity contribution >= 4 is 0 Å². The van der Waals surface area contributed by atoms with Gasteiger partial charge in [-0.2, -0.15) is 0 Å². The van der Waals surface area contributed by atoms with Crippen molar-refractivity contribution in [3.05, 3.63) is 36.0 Å². The minimum atomic E-state index is -0.398. The maximum Gasteiger partial charge on any atom is 0.224 e. The Bertz CT molecular complexity index is 573. The number of aromatic nitrogens is 2. The van der Waals surface area contributed by atoms with Crippen LogP contribution in [-0.2, 0) is 0 Å². The molecule has 0 aliphatic rings. The normalized spacial score (nSPS) is 10.2. The monoisotopic (exact) mass is 248 g/mol. The van der Waals surface area contributed by atoms with Crippen LogP contribution in [0.3, 0.4) is 0 Å². The molecule has 0 fully saturated rings. The van der Waals surface area contributed by atoms with E-state index in [2.05, 4.69) is 9.97 Å². The Kier molecular flexibility index (Phi) is 3.41. The van der Waals surface area contributed by atoms with E-state index in [1.165, 1.54) is 26.6 Å². The van der Waals surface area contributed by atoms with Crippen LogP contribution < -0.4 is 9.47 Å². The summed E-state index contributed by atoms with van der Waals surface area (Å²) in [6.07, 6.45) is 1.39. The molecule has 0 spiro atoms. The van der Waals surface area contributed by atoms with E-state index >= 15 is 0 Å². The molecular formula is C13H13FN2O2. The second-order valence-corrected chi connectivity index (χ2v) is 3.69. The molecule has 2 aromatic rings. The van der Waals surface area contributed by atoms with E-state index in [0.29, 0.717) is 28.5 Å². The lowest BCUT2D eigenvalue weighted by molar-refractivity contribution is 0.397. The van der Waals surface area contributed by atoms with Gasteiger partial charge in [-0.1, -0.05) is 0 Å². The van der Waals surface area contributed by atoms with Gasteiger partial charge in [0.05, 0.1) is 25.5 Å². The van der Waals surface area contributed by atoms with E-state index in [0.717, 1.165) is 0 Å². The van der Waals surface area contributed by atoms with Crippen LogP contribution in [0.4, 0.5) is 4.39 Å². The number of hydrogen-bond donors (Lipinski definition) is 0. The lowest BCUT2D eigenvalue weighted by Gasteiger charge is -2.11. The Morgan fingerprint density at radius 3 is 2.50 bits per heavy atom. The molecule has 0 atom stereocenters. The van der Waals surface area contributed by atoms with Gasteiger partial charge in [0.2, 0.25) is 5.88 Å². The first kappa shape index (κ1) is 12.3. The molecule has 0 amide bonds. The van der Waals surface area contributed by atoms with Crippen LogP contribution in [0.1, 0.15) is 5.69 Å². The highest BCUT2D eigenvalue weighted by Crippen LogP contribution is 2.33. The van der Waals surface area contributed by atoms with E-state index in [9.17, 15) is 4.39 Å². The molecule has 1 aromatic carbocycles. The third-order valence-electron chi connectivity index (χ3n) is 2.64. The summed E-state index contributed by atoms with van der Waals surface area (Å²) in [5.74, 6) is 0.418. The number of rotatable bonds is 3. The summed E-state index contributed by atoms with van der Waals surface area (Å²) in [5.41, 5.74) is 1.61. The number of aryl methyl sites for hydroxylation is 1. The summed E-state index contributed by atoms with van der Waals surface area (Å²) in [5, 5.41) is 0. The third kappa shape index (κ3) is 2.11. The Balaban J connectivity index is 2.62. The number of nitrogens with zero attached hydrogens (tertiary/aromatic N) is 2. The number of hydrogen-bond acceptors (Lipinski definition) is 4. The number of ether oxygens (including phenoxy) is 2. The van der Waals surface area contributed by atoms with Crippen LogP contribution in [-0.4, -0.2) is 24.2 Å². The molecule has 0 radical (unpaired) electrons. The largest absolute Gasteiger partial charge is 0.497 e. The Labute approximate surface area is 104 Å². The molecule has 0 unspecified atom stereocenters. The zero-order valence-corrected chi connectivity index (χ0v) is 10.4. The average Bonchev–Trinajstić information content (AvgIpc) is 2.39. The molecule has 0 saturated carbocycles. The minimum Gasteiger partial charge on any atom is -0.497 e. The molecule has 1 heterocycles. The molecule has 0 aliphatic heterocycles. The zero-order valence-electron chi connectivity index (χ0n) is 10.4. The van der Waals surface area contributed by atoms with Crippen LogP contribution in [0.15, 0.2) is 24.5 Å². The second-order valence-electron chi connectivity index (χ2n) is 3.69. The van der Waals surface area contributed by atoms with E-state index in [1.807, 2.05) is 0 Å². The van der Waals surface area contributed by atoms with Crippen LogP contribution in [0.2, 0.25) is 0 Å². The topological polar surface area (TPSA) is 44.2 Å². The molecular weight excluding hydrogens is 235 g/mol. The van der Waals surface area contributed by atoms with Gasteiger partial charge >= 0.3 is 0 Å². The number of methoxy groups -OCH3 is 2. The highest BCUT2D eigenvalue weighted by molar-refractivity contribution is 5.71. The summed E-state index contributed by atoms with van der Waals surface area (Å²) >= 11 is 0. The molecule has 5 heteroatoms. The fraction of sp³-hybridized carbons (Fsp3) is 0.231. The second kappa shape index (κ2) is 5.00. The van der Waals surface area contributed by atoms with Gasteiger partial charge in [-0.25, -0.2) is 14.4 Å². The Morgan fingerprint density at radius 2 is 1.89 bits per heavy atom. The SMILES string of the molecule is COc1ccc(-c2c(C)ncnc2OC)c(F)c1. The number of halogens is 1.